The molecule has 3 aromatic carbocycles. The number of carbonyl (C=O) groups is 2. The van der Waals surface area contributed by atoms with Crippen LogP contribution in [0.3, 0.4) is 0 Å². The van der Waals surface area contributed by atoms with Crippen molar-refractivity contribution in [3.8, 4) is 5.75 Å². The van der Waals surface area contributed by atoms with Crippen LogP contribution >= 0.6 is 11.6 Å². The Morgan fingerprint density at radius 1 is 0.923 bits per heavy atom. The van der Waals surface area contributed by atoms with Crippen LogP contribution in [0.5, 0.6) is 5.75 Å². The molecule has 10 heteroatoms. The Morgan fingerprint density at radius 3 is 2.18 bits per heavy atom. The van der Waals surface area contributed by atoms with Gasteiger partial charge in [0, 0.05) is 18.1 Å². The first-order valence-corrected chi connectivity index (χ1v) is 14.7. The maximum atomic E-state index is 14.0. The Hall–Kier alpha value is -3.56. The van der Waals surface area contributed by atoms with E-state index in [9.17, 15) is 18.0 Å². The molecule has 0 bridgehead atoms. The molecule has 0 heterocycles. The van der Waals surface area contributed by atoms with E-state index in [1.54, 1.807) is 38.1 Å². The summed E-state index contributed by atoms with van der Waals surface area (Å²) in [5.41, 5.74) is 1.03. The van der Waals surface area contributed by atoms with E-state index >= 15 is 0 Å². The molecule has 0 radical (unpaired) electrons. The third kappa shape index (κ3) is 7.52. The van der Waals surface area contributed by atoms with Gasteiger partial charge in [-0.15, -0.1) is 0 Å². The first-order chi connectivity index (χ1) is 18.7. The van der Waals surface area contributed by atoms with Gasteiger partial charge in [0.2, 0.25) is 11.8 Å². The van der Waals surface area contributed by atoms with Crippen molar-refractivity contribution in [1.82, 2.24) is 10.2 Å². The van der Waals surface area contributed by atoms with Gasteiger partial charge >= 0.3 is 0 Å². The maximum absolute atomic E-state index is 14.0. The van der Waals surface area contributed by atoms with Gasteiger partial charge in [-0.3, -0.25) is 13.9 Å². The number of hydrogen-bond acceptors (Lipinski definition) is 5. The Labute approximate surface area is 235 Å². The van der Waals surface area contributed by atoms with E-state index < -0.39 is 28.5 Å². The molecular formula is C29H34ClN3O5S. The van der Waals surface area contributed by atoms with E-state index in [4.69, 9.17) is 16.3 Å². The van der Waals surface area contributed by atoms with Crippen molar-refractivity contribution in [2.24, 2.45) is 0 Å². The lowest BCUT2D eigenvalue weighted by Gasteiger charge is -2.33. The van der Waals surface area contributed by atoms with Crippen LogP contribution < -0.4 is 14.4 Å². The summed E-state index contributed by atoms with van der Waals surface area (Å²) in [5, 5.41) is 3.18. The summed E-state index contributed by atoms with van der Waals surface area (Å²) in [6.45, 7) is 5.71. The highest BCUT2D eigenvalue weighted by atomic mass is 35.5. The largest absolute Gasteiger partial charge is 0.492 e. The van der Waals surface area contributed by atoms with Crippen LogP contribution in [0.1, 0.15) is 32.8 Å². The smallest absolute Gasteiger partial charge is 0.264 e. The quantitative estimate of drug-likeness (QED) is 0.315. The fourth-order valence-electron chi connectivity index (χ4n) is 4.18. The number of sulfonamides is 1. The molecule has 3 aromatic rings. The van der Waals surface area contributed by atoms with Crippen LogP contribution in [0.15, 0.2) is 83.8 Å². The summed E-state index contributed by atoms with van der Waals surface area (Å²) in [4.78, 5) is 28.4. The summed E-state index contributed by atoms with van der Waals surface area (Å²) in [7, 11) is -4.23. The van der Waals surface area contributed by atoms with Crippen molar-refractivity contribution in [3.63, 3.8) is 0 Å². The number of nitrogens with zero attached hydrogens (tertiary/aromatic N) is 2. The zero-order valence-electron chi connectivity index (χ0n) is 22.3. The van der Waals surface area contributed by atoms with E-state index in [0.717, 1.165) is 9.87 Å². The van der Waals surface area contributed by atoms with Crippen LogP contribution in [0.4, 0.5) is 5.69 Å². The molecule has 3 rings (SSSR count). The minimum Gasteiger partial charge on any atom is -0.492 e. The second-order valence-electron chi connectivity index (χ2n) is 8.69. The number of carbonyl (C=O) groups excluding carboxylic acids is 2. The summed E-state index contributed by atoms with van der Waals surface area (Å²) >= 11 is 6.01. The number of likely N-dealkylation sites (N-methyl/N-ethyl adjacent to an activating group) is 1. The molecule has 0 aromatic heterocycles. The molecule has 0 aliphatic rings. The highest BCUT2D eigenvalue weighted by Gasteiger charge is 2.34. The number of halogens is 1. The fourth-order valence-corrected chi connectivity index (χ4v) is 5.73. The average molecular weight is 572 g/mol. The van der Waals surface area contributed by atoms with Crippen molar-refractivity contribution in [3.05, 3.63) is 89.4 Å². The number of amides is 2. The van der Waals surface area contributed by atoms with E-state index in [-0.39, 0.29) is 23.0 Å². The van der Waals surface area contributed by atoms with E-state index in [1.807, 2.05) is 37.3 Å². The molecule has 0 aliphatic carbocycles. The first kappa shape index (κ1) is 30.0. The zero-order chi connectivity index (χ0) is 28.4. The Morgan fingerprint density at radius 2 is 1.56 bits per heavy atom. The van der Waals surface area contributed by atoms with E-state index in [2.05, 4.69) is 5.32 Å². The predicted molar refractivity (Wildman–Crippen MR) is 153 cm³/mol. The maximum Gasteiger partial charge on any atom is 0.264 e. The van der Waals surface area contributed by atoms with Gasteiger partial charge in [0.25, 0.3) is 10.0 Å². The van der Waals surface area contributed by atoms with Gasteiger partial charge < -0.3 is 15.0 Å². The SMILES string of the molecule is CCNC(=O)[C@@H](CC)N(Cc1ccccc1)C(=O)CN(c1ccccc1OCC)S(=O)(=O)c1ccc(Cl)cc1. The van der Waals surface area contributed by atoms with E-state index in [0.29, 0.717) is 30.3 Å². The topological polar surface area (TPSA) is 96.0 Å². The average Bonchev–Trinajstić information content (AvgIpc) is 2.93. The van der Waals surface area contributed by atoms with Gasteiger partial charge in [-0.05, 0) is 62.2 Å². The molecule has 0 fully saturated rings. The van der Waals surface area contributed by atoms with Crippen molar-refractivity contribution < 1.29 is 22.7 Å². The Bertz CT molecular complexity index is 1350. The summed E-state index contributed by atoms with van der Waals surface area (Å²) in [5.74, 6) is -0.511. The van der Waals surface area contributed by atoms with Gasteiger partial charge in [-0.2, -0.15) is 0 Å². The summed E-state index contributed by atoms with van der Waals surface area (Å²) in [6, 6.07) is 20.9. The van der Waals surface area contributed by atoms with Crippen LogP contribution in [-0.2, 0) is 26.2 Å². The van der Waals surface area contributed by atoms with Crippen LogP contribution in [0, 0.1) is 0 Å². The van der Waals surface area contributed by atoms with Crippen LogP contribution in [-0.4, -0.2) is 50.9 Å². The molecule has 0 aliphatic heterocycles. The number of ether oxygens (including phenoxy) is 1. The fraction of sp³-hybridized carbons (Fsp3) is 0.310. The standard InChI is InChI=1S/C29H34ClN3O5S/c1-4-25(29(35)31-5-2)32(20-22-12-8-7-9-13-22)28(34)21-33(26-14-10-11-15-27(26)38-6-3)39(36,37)24-18-16-23(30)17-19-24/h7-19,25H,4-6,20-21H2,1-3H3,(H,31,35)/t25-/m1/s1. The molecule has 8 nitrogen and oxygen atoms in total. The lowest BCUT2D eigenvalue weighted by molar-refractivity contribution is -0.140. The zero-order valence-corrected chi connectivity index (χ0v) is 23.9. The van der Waals surface area contributed by atoms with Crippen molar-refractivity contribution in [2.75, 3.05) is 24.0 Å². The third-order valence-electron chi connectivity index (χ3n) is 6.05. The van der Waals surface area contributed by atoms with Crippen LogP contribution in [0.2, 0.25) is 5.02 Å². The monoisotopic (exact) mass is 571 g/mol. The van der Waals surface area contributed by atoms with Crippen molar-refractivity contribution >= 4 is 39.1 Å². The molecule has 0 spiro atoms. The highest BCUT2D eigenvalue weighted by molar-refractivity contribution is 7.92. The minimum absolute atomic E-state index is 0.0311. The van der Waals surface area contributed by atoms with E-state index in [1.165, 1.54) is 29.2 Å². The molecule has 1 atom stereocenters. The van der Waals surface area contributed by atoms with Gasteiger partial charge in [0.15, 0.2) is 0 Å². The molecule has 39 heavy (non-hydrogen) atoms. The Kier molecular flexibility index (Phi) is 10.8. The minimum atomic E-state index is -4.23. The van der Waals surface area contributed by atoms with Crippen molar-refractivity contribution in [1.29, 1.82) is 0 Å². The van der Waals surface area contributed by atoms with Gasteiger partial charge in [-0.1, -0.05) is 61.0 Å². The lowest BCUT2D eigenvalue weighted by Crippen LogP contribution is -2.52. The number of para-hydroxylation sites is 2. The molecule has 1 N–H and O–H groups in total. The molecular weight excluding hydrogens is 538 g/mol. The van der Waals surface area contributed by atoms with Crippen LogP contribution in [0.25, 0.3) is 0 Å². The summed E-state index contributed by atoms with van der Waals surface area (Å²) in [6.07, 6.45) is 0.351. The molecule has 2 amide bonds. The second-order valence-corrected chi connectivity index (χ2v) is 11.0. The highest BCUT2D eigenvalue weighted by Crippen LogP contribution is 2.33. The molecule has 208 valence electrons. The molecule has 0 unspecified atom stereocenters. The van der Waals surface area contributed by atoms with Crippen molar-refractivity contribution in [2.45, 2.75) is 44.7 Å². The second kappa shape index (κ2) is 14.0. The lowest BCUT2D eigenvalue weighted by atomic mass is 10.1. The number of nitrogens with one attached hydrogen (secondary N) is 1. The number of hydrogen-bond donors (Lipinski definition) is 1. The summed E-state index contributed by atoms with van der Waals surface area (Å²) < 4.78 is 34.7. The molecule has 0 saturated carbocycles. The number of benzene rings is 3. The van der Waals surface area contributed by atoms with Gasteiger partial charge in [0.1, 0.15) is 18.3 Å². The van der Waals surface area contributed by atoms with Gasteiger partial charge in [0.05, 0.1) is 17.2 Å². The Balaban J connectivity index is 2.10. The predicted octanol–water partition coefficient (Wildman–Crippen LogP) is 4.88. The number of rotatable bonds is 13. The first-order valence-electron chi connectivity index (χ1n) is 12.8. The normalized spacial score (nSPS) is 11.9. The van der Waals surface area contributed by atoms with Gasteiger partial charge in [-0.25, -0.2) is 8.42 Å². The molecule has 0 saturated heterocycles. The third-order valence-corrected chi connectivity index (χ3v) is 8.07. The number of anilines is 1.